The van der Waals surface area contributed by atoms with Gasteiger partial charge in [-0.3, -0.25) is 10.1 Å². The van der Waals surface area contributed by atoms with E-state index in [1.807, 2.05) is 19.9 Å². The third-order valence-electron chi connectivity index (χ3n) is 3.19. The van der Waals surface area contributed by atoms with Gasteiger partial charge >= 0.3 is 0 Å². The highest BCUT2D eigenvalue weighted by Crippen LogP contribution is 2.20. The van der Waals surface area contributed by atoms with Crippen LogP contribution in [0.2, 0.25) is 0 Å². The Morgan fingerprint density at radius 1 is 1.26 bits per heavy atom. The quantitative estimate of drug-likeness (QED) is 0.450. The molecule has 0 saturated heterocycles. The van der Waals surface area contributed by atoms with Crippen LogP contribution in [-0.4, -0.2) is 21.1 Å². The first kappa shape index (κ1) is 14.6. The predicted molar refractivity (Wildman–Crippen MR) is 85.6 cm³/mol. The second kappa shape index (κ2) is 5.84. The van der Waals surface area contributed by atoms with Gasteiger partial charge in [-0.25, -0.2) is 10.4 Å². The van der Waals surface area contributed by atoms with E-state index in [0.29, 0.717) is 11.7 Å². The Hall–Kier alpha value is -3.29. The van der Waals surface area contributed by atoms with Crippen molar-refractivity contribution in [3.8, 4) is 0 Å². The average Bonchev–Trinajstić information content (AvgIpc) is 2.89. The minimum absolute atomic E-state index is 0.0349. The molecule has 0 saturated carbocycles. The molecule has 0 atom stereocenters. The largest absolute Gasteiger partial charge is 0.443 e. The third-order valence-corrected chi connectivity index (χ3v) is 3.19. The zero-order valence-corrected chi connectivity index (χ0v) is 12.5. The van der Waals surface area contributed by atoms with E-state index in [2.05, 4.69) is 20.5 Å². The fraction of sp³-hybridized carbons (Fsp3) is 0.133. The molecule has 0 aliphatic rings. The molecule has 0 amide bonds. The van der Waals surface area contributed by atoms with Gasteiger partial charge in [-0.1, -0.05) is 0 Å². The Bertz CT molecular complexity index is 899. The molecular formula is C15H13N5O3. The summed E-state index contributed by atoms with van der Waals surface area (Å²) in [6.45, 7) is 3.71. The number of hydrogen-bond donors (Lipinski definition) is 1. The van der Waals surface area contributed by atoms with Crippen LogP contribution in [0.15, 0.2) is 39.9 Å². The second-order valence-corrected chi connectivity index (χ2v) is 4.93. The minimum Gasteiger partial charge on any atom is -0.443 e. The molecule has 3 rings (SSSR count). The van der Waals surface area contributed by atoms with Crippen LogP contribution in [0.3, 0.4) is 0 Å². The number of hydrogen-bond acceptors (Lipinski definition) is 7. The van der Waals surface area contributed by atoms with Crippen LogP contribution < -0.4 is 5.43 Å². The van der Waals surface area contributed by atoms with Gasteiger partial charge in [-0.15, -0.1) is 0 Å². The predicted octanol–water partition coefficient (Wildman–Crippen LogP) is 3.19. The number of furan rings is 1. The van der Waals surface area contributed by atoms with Gasteiger partial charge in [0.1, 0.15) is 5.76 Å². The van der Waals surface area contributed by atoms with Gasteiger partial charge in [0.25, 0.3) is 5.69 Å². The summed E-state index contributed by atoms with van der Waals surface area (Å²) in [6.07, 6.45) is 1.53. The maximum atomic E-state index is 10.6. The number of aromatic nitrogens is 2. The number of anilines is 1. The van der Waals surface area contributed by atoms with Crippen molar-refractivity contribution >= 4 is 29.0 Å². The fourth-order valence-electron chi connectivity index (χ4n) is 2.08. The molecule has 0 unspecified atom stereocenters. The minimum atomic E-state index is -0.448. The van der Waals surface area contributed by atoms with E-state index < -0.39 is 4.92 Å². The van der Waals surface area contributed by atoms with E-state index in [0.717, 1.165) is 22.4 Å². The zero-order chi connectivity index (χ0) is 16.4. The van der Waals surface area contributed by atoms with Gasteiger partial charge in [-0.05, 0) is 37.6 Å². The number of hydrazone groups is 1. The summed E-state index contributed by atoms with van der Waals surface area (Å²) in [7, 11) is 0. The Morgan fingerprint density at radius 2 is 2.00 bits per heavy atom. The fourth-order valence-corrected chi connectivity index (χ4v) is 2.08. The summed E-state index contributed by atoms with van der Waals surface area (Å²) >= 11 is 0. The van der Waals surface area contributed by atoms with E-state index in [1.165, 1.54) is 18.3 Å². The highest BCUT2D eigenvalue weighted by molar-refractivity contribution is 5.81. The van der Waals surface area contributed by atoms with Crippen molar-refractivity contribution in [3.63, 3.8) is 0 Å². The van der Waals surface area contributed by atoms with Gasteiger partial charge in [0.15, 0.2) is 0 Å². The smallest absolute Gasteiger partial charge is 0.269 e. The van der Waals surface area contributed by atoms with Crippen LogP contribution in [0.1, 0.15) is 17.0 Å². The van der Waals surface area contributed by atoms with Crippen molar-refractivity contribution in [1.29, 1.82) is 0 Å². The number of nitro groups is 1. The Kier molecular flexibility index (Phi) is 3.71. The van der Waals surface area contributed by atoms with Gasteiger partial charge in [-0.2, -0.15) is 10.1 Å². The molecule has 0 aliphatic heterocycles. The van der Waals surface area contributed by atoms with E-state index in [4.69, 9.17) is 4.42 Å². The second-order valence-electron chi connectivity index (χ2n) is 4.93. The molecule has 8 heteroatoms. The molecule has 1 N–H and O–H groups in total. The number of benzene rings is 1. The molecule has 0 bridgehead atoms. The maximum absolute atomic E-state index is 10.6. The van der Waals surface area contributed by atoms with E-state index >= 15 is 0 Å². The molecule has 0 aliphatic carbocycles. The molecule has 0 fully saturated rings. The monoisotopic (exact) mass is 311 g/mol. The van der Waals surface area contributed by atoms with E-state index in [9.17, 15) is 10.1 Å². The summed E-state index contributed by atoms with van der Waals surface area (Å²) in [4.78, 5) is 18.7. The Balaban J connectivity index is 1.75. The van der Waals surface area contributed by atoms with Gasteiger partial charge in [0, 0.05) is 12.1 Å². The summed E-state index contributed by atoms with van der Waals surface area (Å²) in [5.41, 5.74) is 4.77. The molecule has 0 radical (unpaired) electrons. The van der Waals surface area contributed by atoms with Crippen molar-refractivity contribution in [3.05, 3.63) is 57.5 Å². The molecule has 23 heavy (non-hydrogen) atoms. The first-order valence-electron chi connectivity index (χ1n) is 6.81. The van der Waals surface area contributed by atoms with Crippen LogP contribution in [0.5, 0.6) is 0 Å². The summed E-state index contributed by atoms with van der Waals surface area (Å²) in [6, 6.07) is 7.93. The van der Waals surface area contributed by atoms with Crippen molar-refractivity contribution in [2.75, 3.05) is 5.43 Å². The molecule has 2 aromatic heterocycles. The molecule has 116 valence electrons. The van der Waals surface area contributed by atoms with Crippen molar-refractivity contribution in [1.82, 2.24) is 9.97 Å². The van der Waals surface area contributed by atoms with Crippen LogP contribution in [0.4, 0.5) is 11.6 Å². The first-order valence-corrected chi connectivity index (χ1v) is 6.81. The van der Waals surface area contributed by atoms with Crippen LogP contribution >= 0.6 is 0 Å². The third kappa shape index (κ3) is 3.15. The highest BCUT2D eigenvalue weighted by atomic mass is 16.6. The highest BCUT2D eigenvalue weighted by Gasteiger charge is 2.08. The number of fused-ring (bicyclic) bond motifs is 1. The zero-order valence-electron chi connectivity index (χ0n) is 12.5. The number of nitrogens with one attached hydrogen (secondary N) is 1. The SMILES string of the molecule is Cc1cc2c(C)nc(NN=Cc3ccc([N+](=O)[O-])cc3)nc2o1. The summed E-state index contributed by atoms with van der Waals surface area (Å²) in [5, 5.41) is 15.5. The van der Waals surface area contributed by atoms with Crippen LogP contribution in [0, 0.1) is 24.0 Å². The maximum Gasteiger partial charge on any atom is 0.269 e. The first-order chi connectivity index (χ1) is 11.0. The number of non-ortho nitro benzene ring substituents is 1. The lowest BCUT2D eigenvalue weighted by molar-refractivity contribution is -0.384. The lowest BCUT2D eigenvalue weighted by Gasteiger charge is -2.00. The van der Waals surface area contributed by atoms with Crippen molar-refractivity contribution in [2.45, 2.75) is 13.8 Å². The van der Waals surface area contributed by atoms with E-state index in [1.54, 1.807) is 12.1 Å². The topological polar surface area (TPSA) is 106 Å². The van der Waals surface area contributed by atoms with Gasteiger partial charge in [0.05, 0.1) is 22.2 Å². The molecular weight excluding hydrogens is 298 g/mol. The van der Waals surface area contributed by atoms with Crippen LogP contribution in [0.25, 0.3) is 11.1 Å². The number of nitro benzene ring substituents is 1. The lowest BCUT2D eigenvalue weighted by Crippen LogP contribution is -1.98. The number of nitrogens with zero attached hydrogens (tertiary/aromatic N) is 4. The lowest BCUT2D eigenvalue weighted by atomic mass is 10.2. The van der Waals surface area contributed by atoms with Gasteiger partial charge < -0.3 is 4.42 Å². The molecule has 1 aromatic carbocycles. The summed E-state index contributed by atoms with van der Waals surface area (Å²) in [5.74, 6) is 1.09. The molecule has 2 heterocycles. The molecule has 8 nitrogen and oxygen atoms in total. The molecule has 0 spiro atoms. The Labute approximate surface area is 131 Å². The average molecular weight is 311 g/mol. The van der Waals surface area contributed by atoms with E-state index in [-0.39, 0.29) is 5.69 Å². The number of aryl methyl sites for hydroxylation is 2. The summed E-state index contributed by atoms with van der Waals surface area (Å²) < 4.78 is 5.48. The van der Waals surface area contributed by atoms with Gasteiger partial charge in [0.2, 0.25) is 11.7 Å². The Morgan fingerprint density at radius 3 is 2.70 bits per heavy atom. The standard InChI is InChI=1S/C15H13N5O3/c1-9-7-13-10(2)17-15(18-14(13)23-9)19-16-8-11-3-5-12(6-4-11)20(21)22/h3-8H,1-2H3,(H,17,18,19). The normalized spacial score (nSPS) is 11.2. The van der Waals surface area contributed by atoms with Crippen molar-refractivity contribution < 1.29 is 9.34 Å². The number of rotatable bonds is 4. The molecule has 3 aromatic rings. The van der Waals surface area contributed by atoms with Crippen molar-refractivity contribution in [2.24, 2.45) is 5.10 Å². The van der Waals surface area contributed by atoms with Crippen LogP contribution in [-0.2, 0) is 0 Å².